The van der Waals surface area contributed by atoms with Crippen LogP contribution in [0.15, 0.2) is 46.3 Å². The Bertz CT molecular complexity index is 453. The number of thiophene rings is 1. The van der Waals surface area contributed by atoms with Gasteiger partial charge < -0.3 is 5.32 Å². The van der Waals surface area contributed by atoms with Crippen molar-refractivity contribution >= 4 is 27.3 Å². The van der Waals surface area contributed by atoms with Crippen molar-refractivity contribution in [3.05, 3.63) is 56.7 Å². The molecule has 1 nitrogen and oxygen atoms in total. The van der Waals surface area contributed by atoms with Crippen molar-refractivity contribution in [2.45, 2.75) is 25.9 Å². The van der Waals surface area contributed by atoms with Crippen molar-refractivity contribution in [2.24, 2.45) is 0 Å². The molecule has 1 heterocycles. The van der Waals surface area contributed by atoms with E-state index in [1.54, 1.807) is 0 Å². The standard InChI is InChI=1S/C14H16BrNS/c1-2-13(14-8-5-9-17-14)16-10-11-6-3-4-7-12(11)15/h3-9,13,16H,2,10H2,1H3. The average molecular weight is 310 g/mol. The van der Waals surface area contributed by atoms with E-state index < -0.39 is 0 Å². The van der Waals surface area contributed by atoms with Crippen molar-refractivity contribution in [1.29, 1.82) is 0 Å². The minimum Gasteiger partial charge on any atom is -0.305 e. The lowest BCUT2D eigenvalue weighted by atomic mass is 10.1. The molecule has 0 aliphatic heterocycles. The normalized spacial score (nSPS) is 12.6. The van der Waals surface area contributed by atoms with Gasteiger partial charge in [0.1, 0.15) is 0 Å². The van der Waals surface area contributed by atoms with Crippen LogP contribution in [0.25, 0.3) is 0 Å². The van der Waals surface area contributed by atoms with Crippen molar-refractivity contribution in [1.82, 2.24) is 5.32 Å². The van der Waals surface area contributed by atoms with E-state index in [0.717, 1.165) is 13.0 Å². The van der Waals surface area contributed by atoms with Crippen LogP contribution in [0.3, 0.4) is 0 Å². The lowest BCUT2D eigenvalue weighted by molar-refractivity contribution is 0.526. The zero-order valence-corrected chi connectivity index (χ0v) is 12.2. The van der Waals surface area contributed by atoms with Crippen LogP contribution < -0.4 is 5.32 Å². The summed E-state index contributed by atoms with van der Waals surface area (Å²) in [4.78, 5) is 1.42. The molecule has 0 radical (unpaired) electrons. The molecule has 2 rings (SSSR count). The number of halogens is 1. The molecular weight excluding hydrogens is 294 g/mol. The Morgan fingerprint density at radius 2 is 2.06 bits per heavy atom. The molecule has 1 atom stereocenters. The second-order valence-electron chi connectivity index (χ2n) is 3.95. The van der Waals surface area contributed by atoms with Crippen LogP contribution in [0.2, 0.25) is 0 Å². The highest BCUT2D eigenvalue weighted by Crippen LogP contribution is 2.23. The molecule has 0 saturated carbocycles. The first kappa shape index (κ1) is 12.8. The summed E-state index contributed by atoms with van der Waals surface area (Å²) in [7, 11) is 0. The monoisotopic (exact) mass is 309 g/mol. The van der Waals surface area contributed by atoms with Crippen molar-refractivity contribution in [2.75, 3.05) is 0 Å². The maximum atomic E-state index is 3.61. The van der Waals surface area contributed by atoms with E-state index in [1.165, 1.54) is 14.9 Å². The van der Waals surface area contributed by atoms with Gasteiger partial charge in [-0.3, -0.25) is 0 Å². The van der Waals surface area contributed by atoms with Crippen LogP contribution in [0.1, 0.15) is 29.8 Å². The van der Waals surface area contributed by atoms with Gasteiger partial charge >= 0.3 is 0 Å². The number of hydrogen-bond donors (Lipinski definition) is 1. The van der Waals surface area contributed by atoms with Gasteiger partial charge in [-0.1, -0.05) is 47.1 Å². The zero-order chi connectivity index (χ0) is 12.1. The summed E-state index contributed by atoms with van der Waals surface area (Å²) in [5, 5.41) is 5.75. The van der Waals surface area contributed by atoms with Gasteiger partial charge in [0.05, 0.1) is 0 Å². The van der Waals surface area contributed by atoms with Gasteiger partial charge in [0.25, 0.3) is 0 Å². The van der Waals surface area contributed by atoms with Crippen LogP contribution in [-0.4, -0.2) is 0 Å². The summed E-state index contributed by atoms with van der Waals surface area (Å²) in [6, 6.07) is 13.1. The summed E-state index contributed by atoms with van der Waals surface area (Å²) < 4.78 is 1.17. The third-order valence-corrected chi connectivity index (χ3v) is 4.55. The molecule has 0 saturated heterocycles. The van der Waals surface area contributed by atoms with Gasteiger partial charge in [-0.05, 0) is 29.5 Å². The SMILES string of the molecule is CCC(NCc1ccccc1Br)c1cccs1. The Kier molecular flexibility index (Phi) is 4.77. The van der Waals surface area contributed by atoms with Gasteiger partial charge in [-0.2, -0.15) is 0 Å². The predicted octanol–water partition coefficient (Wildman–Crippen LogP) is 4.75. The third kappa shape index (κ3) is 3.41. The highest BCUT2D eigenvalue weighted by Gasteiger charge is 2.09. The molecule has 17 heavy (non-hydrogen) atoms. The van der Waals surface area contributed by atoms with Gasteiger partial charge in [-0.15, -0.1) is 11.3 Å². The maximum absolute atomic E-state index is 3.61. The Labute approximate surface area is 115 Å². The van der Waals surface area contributed by atoms with Crippen LogP contribution >= 0.6 is 27.3 Å². The average Bonchev–Trinajstić information content (AvgIpc) is 2.86. The van der Waals surface area contributed by atoms with E-state index >= 15 is 0 Å². The largest absolute Gasteiger partial charge is 0.305 e. The molecule has 1 aromatic carbocycles. The maximum Gasteiger partial charge on any atom is 0.0414 e. The molecule has 0 spiro atoms. The lowest BCUT2D eigenvalue weighted by Crippen LogP contribution is -2.19. The third-order valence-electron chi connectivity index (χ3n) is 2.79. The molecule has 0 aliphatic rings. The smallest absolute Gasteiger partial charge is 0.0414 e. The predicted molar refractivity (Wildman–Crippen MR) is 78.3 cm³/mol. The first-order valence-corrected chi connectivity index (χ1v) is 7.48. The fraction of sp³-hybridized carbons (Fsp3) is 0.286. The number of hydrogen-bond acceptors (Lipinski definition) is 2. The number of nitrogens with one attached hydrogen (secondary N) is 1. The Morgan fingerprint density at radius 1 is 1.24 bits per heavy atom. The Hall–Kier alpha value is -0.640. The first-order chi connectivity index (χ1) is 8.31. The molecule has 0 bridgehead atoms. The summed E-state index contributed by atoms with van der Waals surface area (Å²) in [6.45, 7) is 3.12. The fourth-order valence-electron chi connectivity index (χ4n) is 1.81. The molecule has 3 heteroatoms. The molecule has 90 valence electrons. The number of benzene rings is 1. The Balaban J connectivity index is 2.00. The van der Waals surface area contributed by atoms with Gasteiger partial charge in [0, 0.05) is 21.9 Å². The van der Waals surface area contributed by atoms with Crippen LogP contribution in [-0.2, 0) is 6.54 Å². The lowest BCUT2D eigenvalue weighted by Gasteiger charge is -2.16. The van der Waals surface area contributed by atoms with E-state index in [2.05, 4.69) is 63.9 Å². The molecule has 0 fully saturated rings. The minimum absolute atomic E-state index is 0.460. The van der Waals surface area contributed by atoms with E-state index in [1.807, 2.05) is 17.4 Å². The summed E-state index contributed by atoms with van der Waals surface area (Å²) in [6.07, 6.45) is 1.12. The minimum atomic E-state index is 0.460. The van der Waals surface area contributed by atoms with E-state index in [9.17, 15) is 0 Å². The van der Waals surface area contributed by atoms with Crippen molar-refractivity contribution in [3.8, 4) is 0 Å². The van der Waals surface area contributed by atoms with E-state index in [4.69, 9.17) is 0 Å². The molecule has 1 N–H and O–H groups in total. The molecule has 0 amide bonds. The Morgan fingerprint density at radius 3 is 2.71 bits per heavy atom. The molecule has 1 unspecified atom stereocenters. The molecule has 0 aliphatic carbocycles. The quantitative estimate of drug-likeness (QED) is 0.840. The van der Waals surface area contributed by atoms with Crippen LogP contribution in [0, 0.1) is 0 Å². The highest BCUT2D eigenvalue weighted by atomic mass is 79.9. The van der Waals surface area contributed by atoms with Crippen molar-refractivity contribution < 1.29 is 0 Å². The topological polar surface area (TPSA) is 12.0 Å². The van der Waals surface area contributed by atoms with Crippen molar-refractivity contribution in [3.63, 3.8) is 0 Å². The molecular formula is C14H16BrNS. The second-order valence-corrected chi connectivity index (χ2v) is 5.78. The summed E-state index contributed by atoms with van der Waals surface area (Å²) >= 11 is 5.40. The fourth-order valence-corrected chi connectivity index (χ4v) is 3.12. The van der Waals surface area contributed by atoms with Gasteiger partial charge in [0.2, 0.25) is 0 Å². The van der Waals surface area contributed by atoms with E-state index in [-0.39, 0.29) is 0 Å². The highest BCUT2D eigenvalue weighted by molar-refractivity contribution is 9.10. The second kappa shape index (κ2) is 6.34. The van der Waals surface area contributed by atoms with Gasteiger partial charge in [-0.25, -0.2) is 0 Å². The summed E-state index contributed by atoms with van der Waals surface area (Å²) in [5.41, 5.74) is 1.31. The molecule has 1 aromatic heterocycles. The molecule has 2 aromatic rings. The zero-order valence-electron chi connectivity index (χ0n) is 9.82. The first-order valence-electron chi connectivity index (χ1n) is 5.81. The van der Waals surface area contributed by atoms with Crippen LogP contribution in [0.4, 0.5) is 0 Å². The van der Waals surface area contributed by atoms with E-state index in [0.29, 0.717) is 6.04 Å². The summed E-state index contributed by atoms with van der Waals surface area (Å²) in [5.74, 6) is 0. The number of rotatable bonds is 5. The van der Waals surface area contributed by atoms with Crippen LogP contribution in [0.5, 0.6) is 0 Å². The van der Waals surface area contributed by atoms with Gasteiger partial charge in [0.15, 0.2) is 0 Å².